The summed E-state index contributed by atoms with van der Waals surface area (Å²) in [4.78, 5) is 0.305. The Bertz CT molecular complexity index is 738. The first kappa shape index (κ1) is 13.7. The van der Waals surface area contributed by atoms with E-state index in [1.165, 1.54) is 0 Å². The van der Waals surface area contributed by atoms with E-state index in [0.717, 1.165) is 23.3 Å². The van der Waals surface area contributed by atoms with Crippen molar-refractivity contribution in [3.63, 3.8) is 0 Å². The van der Waals surface area contributed by atoms with Gasteiger partial charge in [-0.15, -0.1) is 0 Å². The van der Waals surface area contributed by atoms with Crippen LogP contribution in [0.15, 0.2) is 41.3 Å². The number of thioether (sulfide) groups is 1. The minimum absolute atomic E-state index is 0.0290. The van der Waals surface area contributed by atoms with E-state index >= 15 is 0 Å². The molecule has 2 aromatic carbocycles. The lowest BCUT2D eigenvalue weighted by molar-refractivity contribution is 0.564. The van der Waals surface area contributed by atoms with Gasteiger partial charge >= 0.3 is 0 Å². The van der Waals surface area contributed by atoms with Crippen LogP contribution in [-0.4, -0.2) is 26.0 Å². The van der Waals surface area contributed by atoms with Crippen molar-refractivity contribution in [3.8, 4) is 0 Å². The summed E-state index contributed by atoms with van der Waals surface area (Å²) in [6.07, 6.45) is 0.886. The molecule has 1 unspecified atom stereocenters. The minimum Gasteiger partial charge on any atom is -0.398 e. The van der Waals surface area contributed by atoms with Gasteiger partial charge in [-0.05, 0) is 24.3 Å². The quantitative estimate of drug-likeness (QED) is 0.853. The van der Waals surface area contributed by atoms with Crippen LogP contribution in [-0.2, 0) is 10.0 Å². The van der Waals surface area contributed by atoms with E-state index in [0.29, 0.717) is 16.0 Å². The average molecular weight is 308 g/mol. The Morgan fingerprint density at radius 1 is 1.15 bits per heavy atom. The van der Waals surface area contributed by atoms with E-state index < -0.39 is 10.0 Å². The standard InChI is InChI=1S/C14H16N2O2S2/c15-13-5-6-14(12-4-2-1-3-11(12)13)20(17,18)16-10-7-8-19-9-10/h1-6,10,16H,7-9,15H2. The van der Waals surface area contributed by atoms with Crippen LogP contribution < -0.4 is 10.5 Å². The van der Waals surface area contributed by atoms with E-state index in [-0.39, 0.29) is 6.04 Å². The molecule has 1 aliphatic heterocycles. The Morgan fingerprint density at radius 2 is 1.90 bits per heavy atom. The summed E-state index contributed by atoms with van der Waals surface area (Å²) in [6.45, 7) is 0. The summed E-state index contributed by atoms with van der Waals surface area (Å²) >= 11 is 1.78. The number of nitrogens with one attached hydrogen (secondary N) is 1. The van der Waals surface area contributed by atoms with Crippen LogP contribution in [0.2, 0.25) is 0 Å². The molecule has 0 aliphatic carbocycles. The number of benzene rings is 2. The minimum atomic E-state index is -3.51. The normalized spacial score (nSPS) is 19.5. The first-order valence-corrected chi connectivity index (χ1v) is 9.09. The van der Waals surface area contributed by atoms with E-state index in [2.05, 4.69) is 4.72 Å². The number of nitrogen functional groups attached to an aromatic ring is 1. The first-order chi connectivity index (χ1) is 9.58. The van der Waals surface area contributed by atoms with Crippen molar-refractivity contribution in [1.29, 1.82) is 0 Å². The molecule has 1 heterocycles. The first-order valence-electron chi connectivity index (χ1n) is 6.45. The molecule has 106 valence electrons. The van der Waals surface area contributed by atoms with Gasteiger partial charge < -0.3 is 5.73 Å². The lowest BCUT2D eigenvalue weighted by Crippen LogP contribution is -2.34. The fourth-order valence-corrected chi connectivity index (χ4v) is 5.18. The lowest BCUT2D eigenvalue weighted by Gasteiger charge is -2.14. The van der Waals surface area contributed by atoms with E-state index in [9.17, 15) is 8.42 Å². The molecular weight excluding hydrogens is 292 g/mol. The topological polar surface area (TPSA) is 72.2 Å². The molecular formula is C14H16N2O2S2. The van der Waals surface area contributed by atoms with Gasteiger partial charge in [-0.1, -0.05) is 24.3 Å². The fraction of sp³-hybridized carbons (Fsp3) is 0.286. The van der Waals surface area contributed by atoms with Gasteiger partial charge in [0.2, 0.25) is 10.0 Å². The van der Waals surface area contributed by atoms with E-state index in [1.54, 1.807) is 30.0 Å². The van der Waals surface area contributed by atoms with Crippen molar-refractivity contribution >= 4 is 38.2 Å². The Hall–Kier alpha value is -1.24. The molecule has 4 nitrogen and oxygen atoms in total. The molecule has 1 fully saturated rings. The highest BCUT2D eigenvalue weighted by molar-refractivity contribution is 7.99. The summed E-state index contributed by atoms with van der Waals surface area (Å²) < 4.78 is 27.9. The number of hydrogen-bond acceptors (Lipinski definition) is 4. The summed E-state index contributed by atoms with van der Waals surface area (Å²) in [5.41, 5.74) is 6.51. The van der Waals surface area contributed by atoms with Crippen molar-refractivity contribution in [2.75, 3.05) is 17.2 Å². The van der Waals surface area contributed by atoms with E-state index in [1.807, 2.05) is 18.2 Å². The molecule has 1 saturated heterocycles. The highest BCUT2D eigenvalue weighted by atomic mass is 32.2. The summed E-state index contributed by atoms with van der Waals surface area (Å²) in [5, 5.41) is 1.45. The monoisotopic (exact) mass is 308 g/mol. The molecule has 1 aliphatic rings. The van der Waals surface area contributed by atoms with Gasteiger partial charge in [0.1, 0.15) is 0 Å². The zero-order valence-electron chi connectivity index (χ0n) is 10.9. The maximum absolute atomic E-state index is 12.6. The predicted octanol–water partition coefficient (Wildman–Crippen LogP) is 2.21. The van der Waals surface area contributed by atoms with Crippen LogP contribution in [0.4, 0.5) is 5.69 Å². The van der Waals surface area contributed by atoms with Crippen LogP contribution in [0, 0.1) is 0 Å². The van der Waals surface area contributed by atoms with Crippen molar-refractivity contribution in [2.24, 2.45) is 0 Å². The molecule has 0 bridgehead atoms. The molecule has 0 radical (unpaired) electrons. The molecule has 1 atom stereocenters. The molecule has 0 saturated carbocycles. The van der Waals surface area contributed by atoms with Crippen LogP contribution in [0.1, 0.15) is 6.42 Å². The van der Waals surface area contributed by atoms with E-state index in [4.69, 9.17) is 5.73 Å². The molecule has 6 heteroatoms. The highest BCUT2D eigenvalue weighted by Gasteiger charge is 2.24. The second-order valence-corrected chi connectivity index (χ2v) is 7.71. The summed E-state index contributed by atoms with van der Waals surface area (Å²) in [7, 11) is -3.51. The third-order valence-corrected chi connectivity index (χ3v) is 6.20. The van der Waals surface area contributed by atoms with Gasteiger partial charge in [0.15, 0.2) is 0 Å². The number of rotatable bonds is 3. The number of hydrogen-bond donors (Lipinski definition) is 2. The van der Waals surface area contributed by atoms with Crippen LogP contribution in [0.3, 0.4) is 0 Å². The largest absolute Gasteiger partial charge is 0.398 e. The third kappa shape index (κ3) is 2.51. The van der Waals surface area contributed by atoms with Gasteiger partial charge in [-0.3, -0.25) is 0 Å². The number of sulfonamides is 1. The molecule has 3 N–H and O–H groups in total. The molecule has 0 amide bonds. The third-order valence-electron chi connectivity index (χ3n) is 3.46. The van der Waals surface area contributed by atoms with Gasteiger partial charge in [-0.25, -0.2) is 13.1 Å². The Labute approximate surface area is 122 Å². The number of nitrogens with two attached hydrogens (primary N) is 1. The molecule has 20 heavy (non-hydrogen) atoms. The Morgan fingerprint density at radius 3 is 2.60 bits per heavy atom. The van der Waals surface area contributed by atoms with Crippen LogP contribution >= 0.6 is 11.8 Å². The van der Waals surface area contributed by atoms with Crippen molar-refractivity contribution in [1.82, 2.24) is 4.72 Å². The van der Waals surface area contributed by atoms with Gasteiger partial charge in [0.05, 0.1) is 4.90 Å². The van der Waals surface area contributed by atoms with Crippen LogP contribution in [0.5, 0.6) is 0 Å². The average Bonchev–Trinajstić information content (AvgIpc) is 2.91. The second-order valence-electron chi connectivity index (χ2n) is 4.88. The fourth-order valence-electron chi connectivity index (χ4n) is 2.44. The van der Waals surface area contributed by atoms with Crippen molar-refractivity contribution < 1.29 is 8.42 Å². The zero-order valence-corrected chi connectivity index (χ0v) is 12.5. The number of anilines is 1. The van der Waals surface area contributed by atoms with Gasteiger partial charge in [0.25, 0.3) is 0 Å². The SMILES string of the molecule is Nc1ccc(S(=O)(=O)NC2CCSC2)c2ccccc12. The smallest absolute Gasteiger partial charge is 0.241 e. The zero-order chi connectivity index (χ0) is 14.2. The summed E-state index contributed by atoms with van der Waals surface area (Å²) in [6, 6.07) is 10.6. The predicted molar refractivity (Wildman–Crippen MR) is 84.4 cm³/mol. The maximum Gasteiger partial charge on any atom is 0.241 e. The molecule has 0 spiro atoms. The lowest BCUT2D eigenvalue weighted by atomic mass is 10.1. The molecule has 3 rings (SSSR count). The Kier molecular flexibility index (Phi) is 3.62. The highest BCUT2D eigenvalue weighted by Crippen LogP contribution is 2.28. The summed E-state index contributed by atoms with van der Waals surface area (Å²) in [5.74, 6) is 1.85. The van der Waals surface area contributed by atoms with Gasteiger partial charge in [-0.2, -0.15) is 11.8 Å². The molecule has 2 aromatic rings. The maximum atomic E-state index is 12.6. The van der Waals surface area contributed by atoms with Gasteiger partial charge in [0, 0.05) is 28.3 Å². The second kappa shape index (κ2) is 5.27. The van der Waals surface area contributed by atoms with Crippen molar-refractivity contribution in [3.05, 3.63) is 36.4 Å². The van der Waals surface area contributed by atoms with Crippen molar-refractivity contribution in [2.45, 2.75) is 17.4 Å². The number of fused-ring (bicyclic) bond motifs is 1. The molecule has 0 aromatic heterocycles. The van der Waals surface area contributed by atoms with Crippen LogP contribution in [0.25, 0.3) is 10.8 Å². The Balaban J connectivity index is 2.07.